The van der Waals surface area contributed by atoms with Crippen LogP contribution in [0, 0.1) is 21.4 Å². The minimum atomic E-state index is -0.620. The van der Waals surface area contributed by atoms with Gasteiger partial charge in [-0.05, 0) is 29.8 Å². The van der Waals surface area contributed by atoms with Gasteiger partial charge < -0.3 is 10.3 Å². The molecule has 8 heteroatoms. The van der Waals surface area contributed by atoms with E-state index in [2.05, 4.69) is 10.3 Å². The number of nitriles is 1. The van der Waals surface area contributed by atoms with Gasteiger partial charge in [0.25, 0.3) is 11.6 Å². The molecule has 0 atom stereocenters. The Bertz CT molecular complexity index is 1090. The van der Waals surface area contributed by atoms with E-state index in [1.165, 1.54) is 36.5 Å². The van der Waals surface area contributed by atoms with Gasteiger partial charge in [0.15, 0.2) is 0 Å². The zero-order valence-corrected chi connectivity index (χ0v) is 14.5. The molecule has 28 heavy (non-hydrogen) atoms. The molecule has 0 aliphatic heterocycles. The highest BCUT2D eigenvalue weighted by Gasteiger charge is 2.22. The number of ketones is 1. The molecule has 0 saturated carbocycles. The van der Waals surface area contributed by atoms with E-state index in [1.54, 1.807) is 24.3 Å². The van der Waals surface area contributed by atoms with Crippen LogP contribution in [0.25, 0.3) is 0 Å². The van der Waals surface area contributed by atoms with Gasteiger partial charge >= 0.3 is 0 Å². The summed E-state index contributed by atoms with van der Waals surface area (Å²) in [5, 5.41) is 22.6. The van der Waals surface area contributed by atoms with Crippen molar-refractivity contribution in [2.45, 2.75) is 6.54 Å². The number of aromatic amines is 1. The van der Waals surface area contributed by atoms with Crippen LogP contribution in [0.15, 0.2) is 60.8 Å². The number of amides is 1. The maximum Gasteiger partial charge on any atom is 0.280 e. The van der Waals surface area contributed by atoms with Crippen LogP contribution in [-0.4, -0.2) is 21.6 Å². The van der Waals surface area contributed by atoms with Gasteiger partial charge in [-0.25, -0.2) is 0 Å². The summed E-state index contributed by atoms with van der Waals surface area (Å²) in [5.41, 5.74) is 1.32. The quantitative estimate of drug-likeness (QED) is 0.389. The number of rotatable bonds is 6. The molecule has 0 fully saturated rings. The maximum atomic E-state index is 12.6. The van der Waals surface area contributed by atoms with E-state index >= 15 is 0 Å². The first-order chi connectivity index (χ1) is 13.5. The van der Waals surface area contributed by atoms with Crippen LogP contribution in [0.2, 0.25) is 0 Å². The predicted octanol–water partition coefficient (Wildman–Crippen LogP) is 2.96. The Hall–Kier alpha value is -4.25. The number of para-hydroxylation sites is 1. The molecule has 0 radical (unpaired) electrons. The van der Waals surface area contributed by atoms with Crippen LogP contribution in [0.4, 0.5) is 5.69 Å². The average Bonchev–Trinajstić information content (AvgIpc) is 3.22. The molecule has 0 aliphatic rings. The van der Waals surface area contributed by atoms with Gasteiger partial charge in [-0.15, -0.1) is 0 Å². The van der Waals surface area contributed by atoms with Crippen LogP contribution < -0.4 is 5.32 Å². The van der Waals surface area contributed by atoms with Gasteiger partial charge in [0.05, 0.1) is 16.6 Å². The number of nitro groups is 1. The second kappa shape index (κ2) is 7.97. The third-order valence-corrected chi connectivity index (χ3v) is 4.07. The van der Waals surface area contributed by atoms with Crippen molar-refractivity contribution in [2.24, 2.45) is 0 Å². The van der Waals surface area contributed by atoms with Gasteiger partial charge in [0, 0.05) is 24.4 Å². The molecule has 0 saturated heterocycles. The molecular formula is C20H14N4O4. The smallest absolute Gasteiger partial charge is 0.280 e. The summed E-state index contributed by atoms with van der Waals surface area (Å²) in [6.07, 6.45) is 1.34. The van der Waals surface area contributed by atoms with Crippen molar-refractivity contribution in [3.8, 4) is 6.07 Å². The largest absolute Gasteiger partial charge is 0.356 e. The van der Waals surface area contributed by atoms with Crippen LogP contribution in [0.1, 0.15) is 37.5 Å². The van der Waals surface area contributed by atoms with Crippen molar-refractivity contribution in [2.75, 3.05) is 0 Å². The number of benzene rings is 2. The van der Waals surface area contributed by atoms with E-state index in [4.69, 9.17) is 5.26 Å². The van der Waals surface area contributed by atoms with E-state index < -0.39 is 16.6 Å². The molecule has 0 bridgehead atoms. The molecule has 1 aromatic heterocycles. The highest BCUT2D eigenvalue weighted by atomic mass is 16.6. The van der Waals surface area contributed by atoms with Gasteiger partial charge in [-0.3, -0.25) is 19.7 Å². The lowest BCUT2D eigenvalue weighted by Crippen LogP contribution is -2.23. The molecule has 2 N–H and O–H groups in total. The van der Waals surface area contributed by atoms with Crippen molar-refractivity contribution in [3.63, 3.8) is 0 Å². The number of aromatic nitrogens is 1. The lowest BCUT2D eigenvalue weighted by molar-refractivity contribution is -0.385. The Morgan fingerprint density at radius 2 is 1.86 bits per heavy atom. The fraction of sp³-hybridized carbons (Fsp3) is 0.0500. The molecule has 3 aromatic rings. The summed E-state index contributed by atoms with van der Waals surface area (Å²) in [6.45, 7) is 0.247. The first-order valence-electron chi connectivity index (χ1n) is 8.23. The molecule has 138 valence electrons. The van der Waals surface area contributed by atoms with E-state index in [0.717, 1.165) is 5.56 Å². The van der Waals surface area contributed by atoms with Crippen LogP contribution >= 0.6 is 0 Å². The second-order valence-electron chi connectivity index (χ2n) is 5.90. The van der Waals surface area contributed by atoms with Gasteiger partial charge in [-0.1, -0.05) is 24.3 Å². The second-order valence-corrected chi connectivity index (χ2v) is 5.90. The Morgan fingerprint density at radius 3 is 2.54 bits per heavy atom. The molecule has 0 aliphatic carbocycles. The molecule has 0 unspecified atom stereocenters. The zero-order valence-electron chi connectivity index (χ0n) is 14.5. The summed E-state index contributed by atoms with van der Waals surface area (Å²) in [7, 11) is 0. The van der Waals surface area contributed by atoms with Crippen molar-refractivity contribution >= 4 is 17.4 Å². The number of nitrogens with zero attached hydrogens (tertiary/aromatic N) is 2. The number of hydrogen-bond donors (Lipinski definition) is 2. The fourth-order valence-corrected chi connectivity index (χ4v) is 2.61. The molecule has 1 amide bonds. The topological polar surface area (TPSA) is 129 Å². The lowest BCUT2D eigenvalue weighted by atomic mass is 10.0. The molecule has 2 aromatic carbocycles. The fourth-order valence-electron chi connectivity index (χ4n) is 2.61. The van der Waals surface area contributed by atoms with E-state index in [9.17, 15) is 19.7 Å². The van der Waals surface area contributed by atoms with Gasteiger partial charge in [0.2, 0.25) is 5.78 Å². The molecule has 3 rings (SSSR count). The third-order valence-electron chi connectivity index (χ3n) is 4.07. The summed E-state index contributed by atoms with van der Waals surface area (Å²) in [4.78, 5) is 38.0. The standard InChI is InChI=1S/C20H14N4O4/c21-10-13-5-7-14(8-6-13)11-23-20(26)17-9-15(12-22-17)19(25)16-3-1-2-4-18(16)24(27)28/h1-9,12,22H,11H2,(H,23,26). The Morgan fingerprint density at radius 1 is 1.14 bits per heavy atom. The summed E-state index contributed by atoms with van der Waals surface area (Å²) >= 11 is 0. The first kappa shape index (κ1) is 18.5. The van der Waals surface area contributed by atoms with Crippen molar-refractivity contribution in [1.82, 2.24) is 10.3 Å². The highest BCUT2D eigenvalue weighted by Crippen LogP contribution is 2.21. The van der Waals surface area contributed by atoms with Crippen LogP contribution in [0.3, 0.4) is 0 Å². The highest BCUT2D eigenvalue weighted by molar-refractivity contribution is 6.12. The lowest BCUT2D eigenvalue weighted by Gasteiger charge is -2.04. The average molecular weight is 374 g/mol. The van der Waals surface area contributed by atoms with E-state index in [0.29, 0.717) is 5.56 Å². The Labute approximate surface area is 159 Å². The number of nitro benzene ring substituents is 1. The summed E-state index contributed by atoms with van der Waals surface area (Å²) in [5.74, 6) is -0.972. The van der Waals surface area contributed by atoms with Crippen LogP contribution in [-0.2, 0) is 6.54 Å². The van der Waals surface area contributed by atoms with E-state index in [-0.39, 0.29) is 29.1 Å². The third kappa shape index (κ3) is 3.94. The molecular weight excluding hydrogens is 360 g/mol. The van der Waals surface area contributed by atoms with Crippen LogP contribution in [0.5, 0.6) is 0 Å². The zero-order chi connectivity index (χ0) is 20.1. The molecule has 0 spiro atoms. The first-order valence-corrected chi connectivity index (χ1v) is 8.23. The number of hydrogen-bond acceptors (Lipinski definition) is 5. The normalized spacial score (nSPS) is 10.1. The van der Waals surface area contributed by atoms with Gasteiger partial charge in [0.1, 0.15) is 11.3 Å². The Kier molecular flexibility index (Phi) is 5.28. The minimum Gasteiger partial charge on any atom is -0.356 e. The maximum absolute atomic E-state index is 12.6. The van der Waals surface area contributed by atoms with Crippen molar-refractivity contribution < 1.29 is 14.5 Å². The number of nitrogens with one attached hydrogen (secondary N) is 2. The van der Waals surface area contributed by atoms with Gasteiger partial charge in [-0.2, -0.15) is 5.26 Å². The summed E-state index contributed by atoms with van der Waals surface area (Å²) < 4.78 is 0. The monoisotopic (exact) mass is 374 g/mol. The number of H-pyrrole nitrogens is 1. The van der Waals surface area contributed by atoms with Crippen molar-refractivity contribution in [3.05, 3.63) is 98.9 Å². The number of carbonyl (C=O) groups is 2. The van der Waals surface area contributed by atoms with Crippen molar-refractivity contribution in [1.29, 1.82) is 5.26 Å². The molecule has 8 nitrogen and oxygen atoms in total. The predicted molar refractivity (Wildman–Crippen MR) is 99.6 cm³/mol. The molecule has 1 heterocycles. The van der Waals surface area contributed by atoms with E-state index in [1.807, 2.05) is 6.07 Å². The minimum absolute atomic E-state index is 0.0453. The SMILES string of the molecule is N#Cc1ccc(CNC(=O)c2cc(C(=O)c3ccccc3[N+](=O)[O-])c[nH]2)cc1. The Balaban J connectivity index is 1.71. The summed E-state index contributed by atoms with van der Waals surface area (Å²) in [6, 6.07) is 15.8. The number of carbonyl (C=O) groups excluding carboxylic acids is 2.